The van der Waals surface area contributed by atoms with E-state index in [2.05, 4.69) is 10.6 Å². The average molecular weight is 385 g/mol. The lowest BCUT2D eigenvalue weighted by Gasteiger charge is -2.33. The predicted octanol–water partition coefficient (Wildman–Crippen LogP) is 4.09. The summed E-state index contributed by atoms with van der Waals surface area (Å²) in [6, 6.07) is 8.36. The van der Waals surface area contributed by atoms with Crippen LogP contribution < -0.4 is 15.4 Å². The summed E-state index contributed by atoms with van der Waals surface area (Å²) in [6.07, 6.45) is -4.48. The van der Waals surface area contributed by atoms with Gasteiger partial charge in [-0.3, -0.25) is 9.59 Å². The highest BCUT2D eigenvalue weighted by Gasteiger charge is 2.47. The molecule has 1 aliphatic rings. The number of carbonyl (C=O) groups is 2. The fraction of sp³-hybridized carbons (Fsp3) is 0.176. The molecule has 2 aromatic rings. The van der Waals surface area contributed by atoms with Gasteiger partial charge >= 0.3 is 6.18 Å². The van der Waals surface area contributed by atoms with Gasteiger partial charge in [0.1, 0.15) is 5.75 Å². The minimum absolute atomic E-state index is 0.0996. The Morgan fingerprint density at radius 2 is 1.85 bits per heavy atom. The number of carbonyl (C=O) groups excluding carboxylic acids is 2. The van der Waals surface area contributed by atoms with E-state index in [0.717, 1.165) is 24.3 Å². The zero-order chi connectivity index (χ0) is 19.1. The van der Waals surface area contributed by atoms with Crippen molar-refractivity contribution in [3.63, 3.8) is 0 Å². The third-order valence-corrected chi connectivity index (χ3v) is 4.08. The molecule has 2 aromatic carbocycles. The summed E-state index contributed by atoms with van der Waals surface area (Å²) in [7, 11) is 0. The summed E-state index contributed by atoms with van der Waals surface area (Å²) in [4.78, 5) is 24.8. The molecule has 0 spiro atoms. The van der Waals surface area contributed by atoms with E-state index in [1.165, 1.54) is 25.1 Å². The summed E-state index contributed by atoms with van der Waals surface area (Å²) < 4.78 is 43.3. The van der Waals surface area contributed by atoms with Gasteiger partial charge in [0.15, 0.2) is 0 Å². The van der Waals surface area contributed by atoms with Crippen molar-refractivity contribution in [1.29, 1.82) is 0 Å². The highest BCUT2D eigenvalue weighted by molar-refractivity contribution is 6.31. The first-order chi connectivity index (χ1) is 12.1. The smallest absolute Gasteiger partial charge is 0.416 e. The Hall–Kier alpha value is -2.74. The monoisotopic (exact) mass is 384 g/mol. The lowest BCUT2D eigenvalue weighted by Crippen LogP contribution is -2.56. The van der Waals surface area contributed by atoms with Crippen LogP contribution in [0.1, 0.15) is 12.5 Å². The Morgan fingerprint density at radius 3 is 2.46 bits per heavy atom. The van der Waals surface area contributed by atoms with Gasteiger partial charge in [0.05, 0.1) is 11.3 Å². The molecule has 5 nitrogen and oxygen atoms in total. The molecular formula is C17H12ClF3N2O3. The lowest BCUT2D eigenvalue weighted by molar-refractivity contribution is -0.143. The second kappa shape index (κ2) is 6.21. The molecule has 0 aromatic heterocycles. The fourth-order valence-corrected chi connectivity index (χ4v) is 2.51. The maximum Gasteiger partial charge on any atom is 0.416 e. The van der Waals surface area contributed by atoms with Crippen LogP contribution in [0.15, 0.2) is 42.5 Å². The van der Waals surface area contributed by atoms with E-state index in [1.807, 2.05) is 0 Å². The van der Waals surface area contributed by atoms with Crippen molar-refractivity contribution in [3.8, 4) is 5.75 Å². The highest BCUT2D eigenvalue weighted by Crippen LogP contribution is 2.36. The lowest BCUT2D eigenvalue weighted by atomic mass is 10.0. The number of rotatable bonds is 2. The number of amides is 2. The number of nitrogens with one attached hydrogen (secondary N) is 2. The summed E-state index contributed by atoms with van der Waals surface area (Å²) in [5, 5.41) is 5.29. The van der Waals surface area contributed by atoms with Crippen LogP contribution in [0.25, 0.3) is 0 Å². The van der Waals surface area contributed by atoms with Crippen LogP contribution in [0.2, 0.25) is 5.02 Å². The van der Waals surface area contributed by atoms with Crippen molar-refractivity contribution in [2.45, 2.75) is 18.7 Å². The number of halogens is 4. The van der Waals surface area contributed by atoms with E-state index < -0.39 is 29.2 Å². The zero-order valence-corrected chi connectivity index (χ0v) is 14.0. The van der Waals surface area contributed by atoms with Crippen LogP contribution in [0, 0.1) is 0 Å². The van der Waals surface area contributed by atoms with E-state index in [4.69, 9.17) is 16.3 Å². The number of fused-ring (bicyclic) bond motifs is 1. The van der Waals surface area contributed by atoms with Gasteiger partial charge in [0, 0.05) is 10.7 Å². The standard InChI is InChI=1S/C17H12ClF3N2O3/c1-16(15(25)23-12-8-10(18)4-7-13(12)26-16)14(24)22-11-5-2-9(3-6-11)17(19,20)21/h2-8H,1H3,(H,22,24)(H,23,25). The van der Waals surface area contributed by atoms with Crippen LogP contribution >= 0.6 is 11.6 Å². The van der Waals surface area contributed by atoms with Gasteiger partial charge in [0.2, 0.25) is 0 Å². The molecule has 9 heteroatoms. The fourth-order valence-electron chi connectivity index (χ4n) is 2.34. The summed E-state index contributed by atoms with van der Waals surface area (Å²) in [5.41, 5.74) is -2.33. The van der Waals surface area contributed by atoms with Crippen molar-refractivity contribution in [3.05, 3.63) is 53.1 Å². The van der Waals surface area contributed by atoms with Crippen molar-refractivity contribution >= 4 is 34.8 Å². The zero-order valence-electron chi connectivity index (χ0n) is 13.3. The van der Waals surface area contributed by atoms with Gasteiger partial charge in [-0.2, -0.15) is 13.2 Å². The third kappa shape index (κ3) is 3.32. The van der Waals surface area contributed by atoms with Crippen molar-refractivity contribution in [2.24, 2.45) is 0 Å². The first-order valence-corrected chi connectivity index (χ1v) is 7.76. The largest absolute Gasteiger partial charge is 0.466 e. The molecule has 1 heterocycles. The molecule has 3 rings (SSSR count). The normalized spacial score (nSPS) is 19.2. The number of benzene rings is 2. The molecule has 1 aliphatic heterocycles. The first-order valence-electron chi connectivity index (χ1n) is 7.38. The molecule has 1 unspecified atom stereocenters. The van der Waals surface area contributed by atoms with Crippen molar-refractivity contribution in [2.75, 3.05) is 10.6 Å². The molecule has 1 atom stereocenters. The second-order valence-corrected chi connectivity index (χ2v) is 6.20. The Bertz CT molecular complexity index is 884. The van der Waals surface area contributed by atoms with E-state index in [0.29, 0.717) is 10.7 Å². The molecule has 0 fully saturated rings. The minimum atomic E-state index is -4.48. The van der Waals surface area contributed by atoms with Crippen LogP contribution in [0.4, 0.5) is 24.5 Å². The number of hydrogen-bond donors (Lipinski definition) is 2. The maximum absolute atomic E-state index is 12.6. The van der Waals surface area contributed by atoms with Crippen molar-refractivity contribution < 1.29 is 27.5 Å². The van der Waals surface area contributed by atoms with Crippen LogP contribution in [-0.2, 0) is 15.8 Å². The molecule has 0 saturated heterocycles. The Labute approximate surface area is 151 Å². The van der Waals surface area contributed by atoms with Gasteiger partial charge in [-0.25, -0.2) is 0 Å². The predicted molar refractivity (Wildman–Crippen MR) is 89.2 cm³/mol. The molecule has 0 radical (unpaired) electrons. The van der Waals surface area contributed by atoms with Gasteiger partial charge < -0.3 is 15.4 Å². The summed E-state index contributed by atoms with van der Waals surface area (Å²) in [6.45, 7) is 1.26. The molecular weight excluding hydrogens is 373 g/mol. The maximum atomic E-state index is 12.6. The van der Waals surface area contributed by atoms with E-state index in [1.54, 1.807) is 0 Å². The molecule has 0 saturated carbocycles. The van der Waals surface area contributed by atoms with Gasteiger partial charge in [0.25, 0.3) is 17.4 Å². The van der Waals surface area contributed by atoms with E-state index in [-0.39, 0.29) is 11.4 Å². The summed E-state index contributed by atoms with van der Waals surface area (Å²) in [5.74, 6) is -1.30. The number of hydrogen-bond acceptors (Lipinski definition) is 3. The number of ether oxygens (including phenoxy) is 1. The molecule has 26 heavy (non-hydrogen) atoms. The Morgan fingerprint density at radius 1 is 1.19 bits per heavy atom. The molecule has 136 valence electrons. The third-order valence-electron chi connectivity index (χ3n) is 3.84. The van der Waals surface area contributed by atoms with Gasteiger partial charge in [-0.15, -0.1) is 0 Å². The van der Waals surface area contributed by atoms with Crippen LogP contribution in [0.5, 0.6) is 5.75 Å². The molecule has 2 N–H and O–H groups in total. The summed E-state index contributed by atoms with van der Waals surface area (Å²) >= 11 is 5.84. The van der Waals surface area contributed by atoms with Crippen LogP contribution in [0.3, 0.4) is 0 Å². The SMILES string of the molecule is CC1(C(=O)Nc2ccc(C(F)(F)F)cc2)Oc2ccc(Cl)cc2NC1=O. The van der Waals surface area contributed by atoms with Gasteiger partial charge in [-0.05, 0) is 49.4 Å². The van der Waals surface area contributed by atoms with E-state index >= 15 is 0 Å². The average Bonchev–Trinajstić information content (AvgIpc) is 2.56. The topological polar surface area (TPSA) is 67.4 Å². The Kier molecular flexibility index (Phi) is 4.31. The van der Waals surface area contributed by atoms with E-state index in [9.17, 15) is 22.8 Å². The number of anilines is 2. The quantitative estimate of drug-likeness (QED) is 0.766. The van der Waals surface area contributed by atoms with Crippen LogP contribution in [-0.4, -0.2) is 17.4 Å². The molecule has 2 amide bonds. The second-order valence-electron chi connectivity index (χ2n) is 5.76. The highest BCUT2D eigenvalue weighted by atomic mass is 35.5. The number of alkyl halides is 3. The minimum Gasteiger partial charge on any atom is -0.466 e. The van der Waals surface area contributed by atoms with Crippen molar-refractivity contribution in [1.82, 2.24) is 0 Å². The molecule has 0 aliphatic carbocycles. The van der Waals surface area contributed by atoms with Gasteiger partial charge in [-0.1, -0.05) is 11.6 Å². The Balaban J connectivity index is 1.81. The molecule has 0 bridgehead atoms. The first kappa shape index (κ1) is 18.1.